The first-order chi connectivity index (χ1) is 12.7. The molecule has 6 fully saturated rings. The zero-order valence-electron chi connectivity index (χ0n) is 16.1. The van der Waals surface area contributed by atoms with E-state index in [0.717, 1.165) is 37.5 Å². The molecule has 0 aromatic carbocycles. The average molecular weight is 372 g/mol. The van der Waals surface area contributed by atoms with Crippen molar-refractivity contribution in [2.75, 3.05) is 0 Å². The molecule has 27 heavy (non-hydrogen) atoms. The molecule has 0 amide bonds. The summed E-state index contributed by atoms with van der Waals surface area (Å²) in [4.78, 5) is 38.0. The largest absolute Gasteiger partial charge is 0.462 e. The van der Waals surface area contributed by atoms with Gasteiger partial charge in [0.25, 0.3) is 0 Å². The molecule has 6 aliphatic carbocycles. The molecule has 2 unspecified atom stereocenters. The minimum atomic E-state index is -0.807. The number of esters is 1. The topological polar surface area (TPSA) is 80.7 Å². The summed E-state index contributed by atoms with van der Waals surface area (Å²) in [5, 5.41) is 11.3. The van der Waals surface area contributed by atoms with Crippen LogP contribution in [0.4, 0.5) is 0 Å². The number of aliphatic hydroxyl groups is 1. The summed E-state index contributed by atoms with van der Waals surface area (Å²) in [5.41, 5.74) is -1.07. The highest BCUT2D eigenvalue weighted by atomic mass is 16.5. The molecule has 0 aliphatic heterocycles. The summed E-state index contributed by atoms with van der Waals surface area (Å²) in [6.07, 6.45) is 4.13. The van der Waals surface area contributed by atoms with Gasteiger partial charge < -0.3 is 14.6 Å². The van der Waals surface area contributed by atoms with Crippen LogP contribution in [0.1, 0.15) is 52.4 Å². The minimum Gasteiger partial charge on any atom is -0.462 e. The van der Waals surface area contributed by atoms with Crippen molar-refractivity contribution in [3.63, 3.8) is 0 Å². The van der Waals surface area contributed by atoms with E-state index in [-0.39, 0.29) is 35.4 Å². The Kier molecular flexibility index (Phi) is 3.33. The van der Waals surface area contributed by atoms with Gasteiger partial charge in [-0.1, -0.05) is 19.9 Å². The van der Waals surface area contributed by atoms with Crippen LogP contribution in [-0.2, 0) is 19.1 Å². The van der Waals surface area contributed by atoms with Gasteiger partial charge in [0.2, 0.25) is 0 Å². The smallest absolute Gasteiger partial charge is 0.302 e. The molecule has 0 aromatic heterocycles. The van der Waals surface area contributed by atoms with E-state index in [4.69, 9.17) is 4.74 Å². The lowest BCUT2D eigenvalue weighted by Crippen LogP contribution is -2.67. The molecule has 0 radical (unpaired) electrons. The van der Waals surface area contributed by atoms with Crippen LogP contribution >= 0.6 is 0 Å². The van der Waals surface area contributed by atoms with Crippen LogP contribution in [0.15, 0.2) is 12.2 Å². The standard InChI is InChI=1S/C22H28O5/c1-11-13-7-14-19(26)21-6-4-5-20(3,10-23)15(21)9-17(27-12(2)24)22(14,18(11)25)16(21)8-13/h10,13-18,25H,1,4-9H2,2-3H3/t13-,14+,15?,16?,17+,18-,20-,21-,22+/m0/s1. The number of Topliss-reactive ketones (excluding diaryl/α,β-unsaturated/α-hetero) is 1. The predicted octanol–water partition coefficient (Wildman–Crippen LogP) is 2.46. The number of ether oxygens (including phenoxy) is 1. The minimum absolute atomic E-state index is 0.0237. The van der Waals surface area contributed by atoms with E-state index in [1.54, 1.807) is 0 Å². The molecule has 0 saturated heterocycles. The van der Waals surface area contributed by atoms with Crippen LogP contribution < -0.4 is 0 Å². The Bertz CT molecular complexity index is 773. The van der Waals surface area contributed by atoms with Gasteiger partial charge in [-0.05, 0) is 55.4 Å². The number of aldehydes is 1. The highest BCUT2D eigenvalue weighted by Gasteiger charge is 2.82. The maximum atomic E-state index is 13.9. The second-order valence-electron chi connectivity index (χ2n) is 10.0. The van der Waals surface area contributed by atoms with Crippen molar-refractivity contribution in [3.8, 4) is 0 Å². The lowest BCUT2D eigenvalue weighted by molar-refractivity contribution is -0.231. The number of fused-ring (bicyclic) bond motifs is 1. The Morgan fingerprint density at radius 1 is 1.26 bits per heavy atom. The fourth-order valence-corrected chi connectivity index (χ4v) is 8.46. The van der Waals surface area contributed by atoms with E-state index >= 15 is 0 Å². The molecule has 146 valence electrons. The summed E-state index contributed by atoms with van der Waals surface area (Å²) in [6, 6.07) is 0. The summed E-state index contributed by atoms with van der Waals surface area (Å²) < 4.78 is 5.82. The fraction of sp³-hybridized carbons (Fsp3) is 0.773. The summed E-state index contributed by atoms with van der Waals surface area (Å²) in [5.74, 6) is -0.429. The van der Waals surface area contributed by atoms with Crippen molar-refractivity contribution < 1.29 is 24.2 Å². The zero-order chi connectivity index (χ0) is 19.4. The van der Waals surface area contributed by atoms with Crippen LogP contribution in [0.5, 0.6) is 0 Å². The van der Waals surface area contributed by atoms with Gasteiger partial charge in [-0.25, -0.2) is 0 Å². The fourth-order valence-electron chi connectivity index (χ4n) is 8.46. The molecular formula is C22H28O5. The number of hydrogen-bond acceptors (Lipinski definition) is 5. The van der Waals surface area contributed by atoms with E-state index in [9.17, 15) is 19.5 Å². The Labute approximate surface area is 159 Å². The van der Waals surface area contributed by atoms with Crippen LogP contribution in [-0.4, -0.2) is 35.4 Å². The summed E-state index contributed by atoms with van der Waals surface area (Å²) in [6.45, 7) is 7.50. The maximum Gasteiger partial charge on any atom is 0.302 e. The second-order valence-corrected chi connectivity index (χ2v) is 10.0. The van der Waals surface area contributed by atoms with Crippen molar-refractivity contribution in [3.05, 3.63) is 12.2 Å². The third-order valence-corrected chi connectivity index (χ3v) is 9.30. The Morgan fingerprint density at radius 2 is 2.00 bits per heavy atom. The molecule has 0 aromatic rings. The zero-order valence-corrected chi connectivity index (χ0v) is 16.1. The van der Waals surface area contributed by atoms with Crippen molar-refractivity contribution in [2.24, 2.45) is 39.9 Å². The molecule has 6 aliphatic rings. The monoisotopic (exact) mass is 372 g/mol. The molecule has 2 spiro atoms. The van der Waals surface area contributed by atoms with Gasteiger partial charge in [0.05, 0.1) is 11.5 Å². The molecule has 9 atom stereocenters. The molecule has 0 heterocycles. The van der Waals surface area contributed by atoms with Crippen LogP contribution in [0.2, 0.25) is 0 Å². The Morgan fingerprint density at radius 3 is 2.67 bits per heavy atom. The third kappa shape index (κ3) is 1.70. The van der Waals surface area contributed by atoms with Crippen molar-refractivity contribution in [1.29, 1.82) is 0 Å². The van der Waals surface area contributed by atoms with Crippen LogP contribution in [0.25, 0.3) is 0 Å². The molecule has 6 saturated carbocycles. The van der Waals surface area contributed by atoms with E-state index in [1.165, 1.54) is 6.92 Å². The van der Waals surface area contributed by atoms with Gasteiger partial charge in [-0.3, -0.25) is 9.59 Å². The van der Waals surface area contributed by atoms with E-state index in [1.807, 2.05) is 6.92 Å². The predicted molar refractivity (Wildman–Crippen MR) is 96.4 cm³/mol. The number of carbonyl (C=O) groups excluding carboxylic acids is 3. The average Bonchev–Trinajstić information content (AvgIpc) is 2.72. The number of aliphatic hydroxyl groups excluding tert-OH is 1. The quantitative estimate of drug-likeness (QED) is 0.457. The summed E-state index contributed by atoms with van der Waals surface area (Å²) >= 11 is 0. The SMILES string of the molecule is C=C1[C@@H]2CC3[C@]45CCC[C@@](C)(C=O)C4C[C@@H](OC(C)=O)[C@]3([C@H](C2)C5=O)[C@H]1O. The highest BCUT2D eigenvalue weighted by molar-refractivity contribution is 5.94. The van der Waals surface area contributed by atoms with Gasteiger partial charge in [-0.15, -0.1) is 0 Å². The van der Waals surface area contributed by atoms with E-state index < -0.39 is 28.5 Å². The second kappa shape index (κ2) is 5.11. The number of rotatable bonds is 2. The van der Waals surface area contributed by atoms with E-state index in [0.29, 0.717) is 12.8 Å². The maximum absolute atomic E-state index is 13.9. The van der Waals surface area contributed by atoms with Crippen LogP contribution in [0, 0.1) is 39.9 Å². The van der Waals surface area contributed by atoms with Gasteiger partial charge in [-0.2, -0.15) is 0 Å². The molecule has 5 bridgehead atoms. The molecule has 6 rings (SSSR count). The van der Waals surface area contributed by atoms with Crippen molar-refractivity contribution >= 4 is 18.0 Å². The number of hydrogen-bond donors (Lipinski definition) is 1. The first-order valence-corrected chi connectivity index (χ1v) is 10.3. The van der Waals surface area contributed by atoms with Crippen molar-refractivity contribution in [2.45, 2.75) is 64.6 Å². The van der Waals surface area contributed by atoms with Gasteiger partial charge in [0, 0.05) is 23.7 Å². The Hall–Kier alpha value is -1.49. The molecular weight excluding hydrogens is 344 g/mol. The van der Waals surface area contributed by atoms with E-state index in [2.05, 4.69) is 6.58 Å². The molecule has 5 heteroatoms. The molecule has 5 nitrogen and oxygen atoms in total. The lowest BCUT2D eigenvalue weighted by Gasteiger charge is -2.65. The number of ketones is 1. The van der Waals surface area contributed by atoms with Gasteiger partial charge in [0.1, 0.15) is 18.2 Å². The highest BCUT2D eigenvalue weighted by Crippen LogP contribution is 2.79. The lowest BCUT2D eigenvalue weighted by atomic mass is 9.39. The first-order valence-electron chi connectivity index (χ1n) is 10.3. The summed E-state index contributed by atoms with van der Waals surface area (Å²) in [7, 11) is 0. The van der Waals surface area contributed by atoms with Crippen LogP contribution in [0.3, 0.4) is 0 Å². The van der Waals surface area contributed by atoms with Gasteiger partial charge in [0.15, 0.2) is 0 Å². The third-order valence-electron chi connectivity index (χ3n) is 9.30. The molecule has 1 N–H and O–H groups in total. The van der Waals surface area contributed by atoms with Gasteiger partial charge >= 0.3 is 5.97 Å². The first kappa shape index (κ1) is 17.6. The number of carbonyl (C=O) groups is 3. The normalized spacial score (nSPS) is 55.2. The van der Waals surface area contributed by atoms with Crippen molar-refractivity contribution in [1.82, 2.24) is 0 Å². The Balaban J connectivity index is 1.75.